The molecule has 0 aliphatic rings. The normalized spacial score (nSPS) is 11.3. The molecule has 0 aliphatic heterocycles. The van der Waals surface area contributed by atoms with Crippen LogP contribution < -0.4 is 11.1 Å². The minimum atomic E-state index is 0.117. The molecule has 5 heteroatoms. The molecule has 0 aliphatic carbocycles. The molecule has 0 heterocycles. The molecule has 4 nitrogen and oxygen atoms in total. The van der Waals surface area contributed by atoms with Crippen LogP contribution in [-0.2, 0) is 6.54 Å². The Hall–Kier alpha value is -2.01. The number of rotatable bonds is 4. The van der Waals surface area contributed by atoms with Crippen LogP contribution in [0.25, 0.3) is 0 Å². The van der Waals surface area contributed by atoms with E-state index < -0.39 is 0 Å². The number of oxime groups is 1. The van der Waals surface area contributed by atoms with Crippen LogP contribution in [0.5, 0.6) is 0 Å². The fourth-order valence-electron chi connectivity index (χ4n) is 1.77. The van der Waals surface area contributed by atoms with E-state index in [1.807, 2.05) is 48.5 Å². The van der Waals surface area contributed by atoms with Gasteiger partial charge in [0.05, 0.1) is 0 Å². The van der Waals surface area contributed by atoms with Gasteiger partial charge >= 0.3 is 0 Å². The molecular weight excluding hydrogens is 306 g/mol. The van der Waals surface area contributed by atoms with Gasteiger partial charge in [-0.2, -0.15) is 0 Å². The molecule has 0 saturated heterocycles. The van der Waals surface area contributed by atoms with E-state index >= 15 is 0 Å². The van der Waals surface area contributed by atoms with E-state index in [9.17, 15) is 0 Å². The Morgan fingerprint density at radius 3 is 2.74 bits per heavy atom. The van der Waals surface area contributed by atoms with E-state index in [2.05, 4.69) is 26.4 Å². The largest absolute Gasteiger partial charge is 0.409 e. The van der Waals surface area contributed by atoms with Crippen molar-refractivity contribution in [2.24, 2.45) is 10.9 Å². The fraction of sp³-hybridized carbons (Fsp3) is 0.0714. The predicted molar refractivity (Wildman–Crippen MR) is 80.4 cm³/mol. The van der Waals surface area contributed by atoms with Crippen LogP contribution in [-0.4, -0.2) is 11.0 Å². The van der Waals surface area contributed by atoms with Crippen LogP contribution in [0.4, 0.5) is 5.69 Å². The number of hydrogen-bond acceptors (Lipinski definition) is 3. The minimum Gasteiger partial charge on any atom is -0.409 e. The van der Waals surface area contributed by atoms with Gasteiger partial charge in [0, 0.05) is 22.3 Å². The molecule has 98 valence electrons. The van der Waals surface area contributed by atoms with Crippen LogP contribution in [0.1, 0.15) is 11.1 Å². The minimum absolute atomic E-state index is 0.117. The third-order valence-corrected chi connectivity index (χ3v) is 3.20. The van der Waals surface area contributed by atoms with Crippen molar-refractivity contribution in [2.75, 3.05) is 5.32 Å². The molecule has 0 aromatic heterocycles. The first-order valence-electron chi connectivity index (χ1n) is 5.76. The summed E-state index contributed by atoms with van der Waals surface area (Å²) in [4.78, 5) is 0. The molecule has 0 unspecified atom stereocenters. The zero-order valence-electron chi connectivity index (χ0n) is 10.2. The van der Waals surface area contributed by atoms with E-state index in [1.165, 1.54) is 0 Å². The molecule has 0 spiro atoms. The van der Waals surface area contributed by atoms with Gasteiger partial charge in [0.25, 0.3) is 0 Å². The van der Waals surface area contributed by atoms with E-state index in [0.717, 1.165) is 21.3 Å². The fourth-order valence-corrected chi connectivity index (χ4v) is 2.17. The number of halogens is 1. The Bertz CT molecular complexity index is 599. The standard InChI is InChI=1S/C14H14BrN3O/c15-11-5-3-6-12(8-11)17-9-10-4-1-2-7-13(10)14(16)18-19/h1-8,17,19H,9H2,(H2,16,18). The van der Waals surface area contributed by atoms with Gasteiger partial charge in [-0.1, -0.05) is 51.4 Å². The van der Waals surface area contributed by atoms with Crippen LogP contribution in [0.2, 0.25) is 0 Å². The van der Waals surface area contributed by atoms with Crippen molar-refractivity contribution in [1.29, 1.82) is 0 Å². The van der Waals surface area contributed by atoms with Crippen molar-refractivity contribution in [1.82, 2.24) is 0 Å². The average molecular weight is 320 g/mol. The summed E-state index contributed by atoms with van der Waals surface area (Å²) in [5, 5.41) is 15.1. The average Bonchev–Trinajstić information content (AvgIpc) is 2.45. The van der Waals surface area contributed by atoms with Gasteiger partial charge in [0.2, 0.25) is 0 Å². The molecule has 0 radical (unpaired) electrons. The quantitative estimate of drug-likeness (QED) is 0.351. The molecule has 0 fully saturated rings. The van der Waals surface area contributed by atoms with Crippen molar-refractivity contribution >= 4 is 27.5 Å². The molecule has 0 bridgehead atoms. The van der Waals surface area contributed by atoms with Crippen molar-refractivity contribution in [3.63, 3.8) is 0 Å². The van der Waals surface area contributed by atoms with Gasteiger partial charge in [0.1, 0.15) is 0 Å². The zero-order chi connectivity index (χ0) is 13.7. The number of nitrogens with two attached hydrogens (primary N) is 1. The van der Waals surface area contributed by atoms with E-state index in [0.29, 0.717) is 6.54 Å². The van der Waals surface area contributed by atoms with E-state index in [1.54, 1.807) is 0 Å². The summed E-state index contributed by atoms with van der Waals surface area (Å²) in [6.45, 7) is 0.600. The van der Waals surface area contributed by atoms with Gasteiger partial charge in [-0.25, -0.2) is 0 Å². The summed E-state index contributed by atoms with van der Waals surface area (Å²) >= 11 is 3.43. The predicted octanol–water partition coefficient (Wildman–Crippen LogP) is 3.16. The number of amidine groups is 1. The Balaban J connectivity index is 2.16. The molecular formula is C14H14BrN3O. The lowest BCUT2D eigenvalue weighted by Gasteiger charge is -2.10. The first kappa shape index (κ1) is 13.4. The second-order valence-corrected chi connectivity index (χ2v) is 4.92. The third-order valence-electron chi connectivity index (χ3n) is 2.71. The molecule has 2 aromatic carbocycles. The lowest BCUT2D eigenvalue weighted by Crippen LogP contribution is -2.16. The van der Waals surface area contributed by atoms with Crippen LogP contribution in [0, 0.1) is 0 Å². The molecule has 4 N–H and O–H groups in total. The highest BCUT2D eigenvalue weighted by atomic mass is 79.9. The van der Waals surface area contributed by atoms with Crippen molar-refractivity contribution in [3.8, 4) is 0 Å². The maximum absolute atomic E-state index is 8.77. The van der Waals surface area contributed by atoms with Crippen LogP contribution >= 0.6 is 15.9 Å². The first-order valence-corrected chi connectivity index (χ1v) is 6.55. The summed E-state index contributed by atoms with van der Waals surface area (Å²) < 4.78 is 1.02. The number of hydrogen-bond donors (Lipinski definition) is 3. The second-order valence-electron chi connectivity index (χ2n) is 4.01. The summed E-state index contributed by atoms with van der Waals surface area (Å²) in [6.07, 6.45) is 0. The molecule has 2 rings (SSSR count). The molecule has 19 heavy (non-hydrogen) atoms. The summed E-state index contributed by atoms with van der Waals surface area (Å²) in [7, 11) is 0. The van der Waals surface area contributed by atoms with Gasteiger partial charge in [-0.05, 0) is 23.8 Å². The third kappa shape index (κ3) is 3.48. The Morgan fingerprint density at radius 2 is 2.00 bits per heavy atom. The molecule has 0 atom stereocenters. The molecule has 0 saturated carbocycles. The van der Waals surface area contributed by atoms with Crippen LogP contribution in [0.15, 0.2) is 58.2 Å². The lowest BCUT2D eigenvalue weighted by atomic mass is 10.1. The molecule has 2 aromatic rings. The Morgan fingerprint density at radius 1 is 1.21 bits per heavy atom. The highest BCUT2D eigenvalue weighted by Gasteiger charge is 2.05. The summed E-state index contributed by atoms with van der Waals surface area (Å²) in [5.41, 5.74) is 8.36. The Kier molecular flexibility index (Phi) is 4.41. The number of nitrogens with zero attached hydrogens (tertiary/aromatic N) is 1. The SMILES string of the molecule is NC(=NO)c1ccccc1CNc1cccc(Br)c1. The number of anilines is 1. The Labute approximate surface area is 120 Å². The number of nitrogens with one attached hydrogen (secondary N) is 1. The second kappa shape index (κ2) is 6.24. The van der Waals surface area contributed by atoms with Gasteiger partial charge < -0.3 is 16.3 Å². The van der Waals surface area contributed by atoms with E-state index in [4.69, 9.17) is 10.9 Å². The number of benzene rings is 2. The monoisotopic (exact) mass is 319 g/mol. The van der Waals surface area contributed by atoms with Crippen molar-refractivity contribution < 1.29 is 5.21 Å². The zero-order valence-corrected chi connectivity index (χ0v) is 11.8. The van der Waals surface area contributed by atoms with Crippen molar-refractivity contribution in [2.45, 2.75) is 6.54 Å². The highest BCUT2D eigenvalue weighted by molar-refractivity contribution is 9.10. The first-order chi connectivity index (χ1) is 9.20. The van der Waals surface area contributed by atoms with Crippen LogP contribution in [0.3, 0.4) is 0 Å². The van der Waals surface area contributed by atoms with Gasteiger partial charge in [0.15, 0.2) is 5.84 Å². The van der Waals surface area contributed by atoms with E-state index in [-0.39, 0.29) is 5.84 Å². The maximum Gasteiger partial charge on any atom is 0.170 e. The smallest absolute Gasteiger partial charge is 0.170 e. The van der Waals surface area contributed by atoms with Gasteiger partial charge in [-0.3, -0.25) is 0 Å². The molecule has 0 amide bonds. The van der Waals surface area contributed by atoms with Crippen molar-refractivity contribution in [3.05, 3.63) is 64.1 Å². The topological polar surface area (TPSA) is 70.6 Å². The summed E-state index contributed by atoms with van der Waals surface area (Å²) in [5.74, 6) is 0.117. The maximum atomic E-state index is 8.77. The summed E-state index contributed by atoms with van der Waals surface area (Å²) in [6, 6.07) is 15.5. The highest BCUT2D eigenvalue weighted by Crippen LogP contribution is 2.17. The lowest BCUT2D eigenvalue weighted by molar-refractivity contribution is 0.318. The van der Waals surface area contributed by atoms with Gasteiger partial charge in [-0.15, -0.1) is 0 Å².